The predicted octanol–water partition coefficient (Wildman–Crippen LogP) is 2.50. The van der Waals surface area contributed by atoms with E-state index in [1.807, 2.05) is 18.2 Å². The quantitative estimate of drug-likeness (QED) is 0.389. The lowest BCUT2D eigenvalue weighted by Gasteiger charge is -2.04. The van der Waals surface area contributed by atoms with Gasteiger partial charge in [0.25, 0.3) is 5.69 Å². The number of sulfonamides is 1. The monoisotopic (exact) mass is 397 g/mol. The Hall–Kier alpha value is -3.48. The van der Waals surface area contributed by atoms with Crippen LogP contribution in [0.1, 0.15) is 0 Å². The van der Waals surface area contributed by atoms with Crippen LogP contribution in [-0.4, -0.2) is 31.5 Å². The van der Waals surface area contributed by atoms with Gasteiger partial charge in [0.2, 0.25) is 10.0 Å². The second kappa shape index (κ2) is 8.47. The van der Waals surface area contributed by atoms with Crippen molar-refractivity contribution in [2.45, 2.75) is 4.90 Å². The molecule has 0 fully saturated rings. The van der Waals surface area contributed by atoms with Gasteiger partial charge in [-0.1, -0.05) is 24.0 Å². The standard InChI is InChI=1S/C19H15N3O5S/c23-22(24)16-6-3-7-18(13-16)28(25,26)21-11-1-2-12-27-17-9-8-15-5-4-10-20-19(15)14-17/h3-10,13-14,21H,11-12H2. The summed E-state index contributed by atoms with van der Waals surface area (Å²) in [5.41, 5.74) is 0.505. The number of nitro groups is 1. The highest BCUT2D eigenvalue weighted by Gasteiger charge is 2.16. The molecule has 3 rings (SSSR count). The van der Waals surface area contributed by atoms with Crippen molar-refractivity contribution in [1.82, 2.24) is 9.71 Å². The molecule has 0 unspecified atom stereocenters. The highest BCUT2D eigenvalue weighted by atomic mass is 32.2. The number of nitrogens with zero attached hydrogens (tertiary/aromatic N) is 2. The topological polar surface area (TPSA) is 111 Å². The molecule has 3 aromatic rings. The molecule has 0 radical (unpaired) electrons. The molecule has 8 nitrogen and oxygen atoms in total. The maximum atomic E-state index is 12.1. The Kier molecular flexibility index (Phi) is 5.84. The van der Waals surface area contributed by atoms with Crippen LogP contribution in [0.4, 0.5) is 5.69 Å². The van der Waals surface area contributed by atoms with Crippen molar-refractivity contribution in [2.24, 2.45) is 0 Å². The average Bonchev–Trinajstić information content (AvgIpc) is 2.70. The molecule has 0 aliphatic carbocycles. The van der Waals surface area contributed by atoms with Gasteiger partial charge in [-0.05, 0) is 24.3 Å². The van der Waals surface area contributed by atoms with E-state index in [0.717, 1.165) is 17.0 Å². The third kappa shape index (κ3) is 4.82. The smallest absolute Gasteiger partial charge is 0.270 e. The van der Waals surface area contributed by atoms with Crippen molar-refractivity contribution in [1.29, 1.82) is 0 Å². The zero-order valence-electron chi connectivity index (χ0n) is 14.5. The van der Waals surface area contributed by atoms with Crippen LogP contribution >= 0.6 is 0 Å². The summed E-state index contributed by atoms with van der Waals surface area (Å²) in [6.07, 6.45) is 1.69. The molecular formula is C19H15N3O5S. The number of nitro benzene ring substituents is 1. The summed E-state index contributed by atoms with van der Waals surface area (Å²) in [4.78, 5) is 14.1. The number of benzene rings is 2. The largest absolute Gasteiger partial charge is 0.481 e. The molecule has 0 bridgehead atoms. The number of hydrogen-bond acceptors (Lipinski definition) is 6. The molecule has 0 aliphatic rings. The number of aromatic nitrogens is 1. The molecule has 0 aliphatic heterocycles. The molecule has 142 valence electrons. The fourth-order valence-corrected chi connectivity index (χ4v) is 3.31. The number of ether oxygens (including phenoxy) is 1. The number of hydrogen-bond donors (Lipinski definition) is 1. The second-order valence-corrected chi connectivity index (χ2v) is 7.35. The lowest BCUT2D eigenvalue weighted by Crippen LogP contribution is -2.24. The van der Waals surface area contributed by atoms with Gasteiger partial charge in [-0.2, -0.15) is 4.72 Å². The Morgan fingerprint density at radius 1 is 1.11 bits per heavy atom. The van der Waals surface area contributed by atoms with Crippen molar-refractivity contribution in [3.63, 3.8) is 0 Å². The molecule has 9 heteroatoms. The van der Waals surface area contributed by atoms with Gasteiger partial charge in [-0.25, -0.2) is 8.42 Å². The van der Waals surface area contributed by atoms with Gasteiger partial charge in [0, 0.05) is 29.8 Å². The van der Waals surface area contributed by atoms with Crippen molar-refractivity contribution in [3.05, 3.63) is 70.9 Å². The van der Waals surface area contributed by atoms with Crippen LogP contribution in [0.25, 0.3) is 10.9 Å². The van der Waals surface area contributed by atoms with Gasteiger partial charge in [0.15, 0.2) is 0 Å². The summed E-state index contributed by atoms with van der Waals surface area (Å²) in [6.45, 7) is -0.0649. The lowest BCUT2D eigenvalue weighted by molar-refractivity contribution is -0.385. The lowest BCUT2D eigenvalue weighted by atomic mass is 10.2. The summed E-state index contributed by atoms with van der Waals surface area (Å²) in [7, 11) is -3.89. The Bertz CT molecular complexity index is 1180. The highest BCUT2D eigenvalue weighted by Crippen LogP contribution is 2.18. The number of fused-ring (bicyclic) bond motifs is 1. The number of pyridine rings is 1. The van der Waals surface area contributed by atoms with E-state index in [9.17, 15) is 18.5 Å². The summed E-state index contributed by atoms with van der Waals surface area (Å²) in [6, 6.07) is 14.1. The average molecular weight is 397 g/mol. The SMILES string of the molecule is O=[N+]([O-])c1cccc(S(=O)(=O)NCC#CCOc2ccc3cccnc3c2)c1. The van der Waals surface area contributed by atoms with E-state index >= 15 is 0 Å². The Labute approximate surface area is 161 Å². The number of rotatable bonds is 6. The zero-order valence-corrected chi connectivity index (χ0v) is 15.3. The first-order chi connectivity index (χ1) is 13.5. The van der Waals surface area contributed by atoms with Gasteiger partial charge in [-0.15, -0.1) is 0 Å². The summed E-state index contributed by atoms with van der Waals surface area (Å²) in [5, 5.41) is 11.7. The van der Waals surface area contributed by atoms with E-state index < -0.39 is 14.9 Å². The molecule has 0 spiro atoms. The zero-order chi connectivity index (χ0) is 20.0. The Morgan fingerprint density at radius 3 is 2.79 bits per heavy atom. The van der Waals surface area contributed by atoms with E-state index in [-0.39, 0.29) is 23.7 Å². The van der Waals surface area contributed by atoms with Crippen LogP contribution in [0.5, 0.6) is 5.75 Å². The Balaban J connectivity index is 1.54. The molecule has 0 amide bonds. The van der Waals surface area contributed by atoms with E-state index in [1.54, 1.807) is 18.3 Å². The number of nitrogens with one attached hydrogen (secondary N) is 1. The second-order valence-electron chi connectivity index (χ2n) is 5.58. The molecule has 0 saturated heterocycles. The predicted molar refractivity (Wildman–Crippen MR) is 103 cm³/mol. The van der Waals surface area contributed by atoms with Gasteiger partial charge in [-0.3, -0.25) is 15.1 Å². The maximum Gasteiger partial charge on any atom is 0.270 e. The first-order valence-corrected chi connectivity index (χ1v) is 9.61. The van der Waals surface area contributed by atoms with Crippen LogP contribution in [0, 0.1) is 22.0 Å². The van der Waals surface area contributed by atoms with Crippen LogP contribution in [0.15, 0.2) is 65.7 Å². The molecule has 28 heavy (non-hydrogen) atoms. The summed E-state index contributed by atoms with van der Waals surface area (Å²) >= 11 is 0. The maximum absolute atomic E-state index is 12.1. The van der Waals surface area contributed by atoms with E-state index in [4.69, 9.17) is 4.74 Å². The van der Waals surface area contributed by atoms with Crippen molar-refractivity contribution in [3.8, 4) is 17.6 Å². The van der Waals surface area contributed by atoms with Crippen LogP contribution in [0.3, 0.4) is 0 Å². The van der Waals surface area contributed by atoms with Crippen LogP contribution in [-0.2, 0) is 10.0 Å². The first kappa shape index (κ1) is 19.3. The van der Waals surface area contributed by atoms with E-state index in [1.165, 1.54) is 18.2 Å². The third-order valence-electron chi connectivity index (χ3n) is 3.70. The van der Waals surface area contributed by atoms with Crippen molar-refractivity contribution in [2.75, 3.05) is 13.2 Å². The fraction of sp³-hybridized carbons (Fsp3) is 0.105. The normalized spacial score (nSPS) is 10.9. The minimum Gasteiger partial charge on any atom is -0.481 e. The molecule has 2 aromatic carbocycles. The van der Waals surface area contributed by atoms with Gasteiger partial charge in [0.05, 0.1) is 21.9 Å². The molecule has 1 N–H and O–H groups in total. The highest BCUT2D eigenvalue weighted by molar-refractivity contribution is 7.89. The summed E-state index contributed by atoms with van der Waals surface area (Å²) < 4.78 is 32.1. The van der Waals surface area contributed by atoms with Crippen molar-refractivity contribution >= 4 is 26.6 Å². The third-order valence-corrected chi connectivity index (χ3v) is 5.10. The van der Waals surface area contributed by atoms with E-state index in [0.29, 0.717) is 5.75 Å². The minimum atomic E-state index is -3.89. The van der Waals surface area contributed by atoms with Crippen LogP contribution in [0.2, 0.25) is 0 Å². The molecule has 0 atom stereocenters. The van der Waals surface area contributed by atoms with Crippen molar-refractivity contribution < 1.29 is 18.1 Å². The minimum absolute atomic E-state index is 0.0802. The number of non-ortho nitro benzene ring substituents is 1. The first-order valence-electron chi connectivity index (χ1n) is 8.13. The van der Waals surface area contributed by atoms with Gasteiger partial charge in [0.1, 0.15) is 12.4 Å². The van der Waals surface area contributed by atoms with Gasteiger partial charge < -0.3 is 4.74 Å². The summed E-state index contributed by atoms with van der Waals surface area (Å²) in [5.74, 6) is 5.96. The molecule has 1 aromatic heterocycles. The van der Waals surface area contributed by atoms with Crippen LogP contribution < -0.4 is 9.46 Å². The van der Waals surface area contributed by atoms with Gasteiger partial charge >= 0.3 is 0 Å². The molecule has 0 saturated carbocycles. The molecule has 1 heterocycles. The Morgan fingerprint density at radius 2 is 1.96 bits per heavy atom. The van der Waals surface area contributed by atoms with E-state index in [2.05, 4.69) is 21.5 Å². The fourth-order valence-electron chi connectivity index (χ4n) is 2.35. The molecular weight excluding hydrogens is 382 g/mol.